The minimum absolute atomic E-state index is 0.925. The Morgan fingerprint density at radius 1 is 1.50 bits per heavy atom. The number of benzene rings is 1. The van der Waals surface area contributed by atoms with Crippen LogP contribution in [-0.4, -0.2) is 6.26 Å². The Balaban J connectivity index is 2.68. The fourth-order valence-electron chi connectivity index (χ4n) is 1.36. The molecule has 0 nitrogen and oxygen atoms in total. The van der Waals surface area contributed by atoms with Gasteiger partial charge in [0.05, 0.1) is 0 Å². The Labute approximate surface area is 106 Å². The predicted molar refractivity (Wildman–Crippen MR) is 73.5 cm³/mol. The Hall–Kier alpha value is 0.360. The molecule has 0 saturated heterocycles. The van der Waals surface area contributed by atoms with Gasteiger partial charge in [0.2, 0.25) is 0 Å². The quantitative estimate of drug-likeness (QED) is 0.472. The summed E-state index contributed by atoms with van der Waals surface area (Å²) >= 11 is 11.6. The monoisotopic (exact) mass is 304 g/mol. The summed E-state index contributed by atoms with van der Waals surface area (Å²) < 4.78 is 1.32. The van der Waals surface area contributed by atoms with Gasteiger partial charge >= 0.3 is 0 Å². The number of rotatable bonds is 2. The van der Waals surface area contributed by atoms with E-state index < -0.39 is 0 Å². The third-order valence-corrected chi connectivity index (χ3v) is 5.53. The van der Waals surface area contributed by atoms with Gasteiger partial charge in [-0.15, -0.1) is 35.7 Å². The molecule has 1 heterocycles. The van der Waals surface area contributed by atoms with Crippen LogP contribution in [0.15, 0.2) is 28.0 Å². The Morgan fingerprint density at radius 2 is 2.29 bits per heavy atom. The van der Waals surface area contributed by atoms with Crippen LogP contribution in [-0.2, 0) is 5.33 Å². The Bertz CT molecular complexity index is 462. The van der Waals surface area contributed by atoms with Crippen LogP contribution < -0.4 is 0 Å². The van der Waals surface area contributed by atoms with Gasteiger partial charge in [0.15, 0.2) is 0 Å². The van der Waals surface area contributed by atoms with E-state index in [1.54, 1.807) is 11.8 Å². The molecule has 0 saturated carbocycles. The maximum atomic E-state index is 4.57. The van der Waals surface area contributed by atoms with E-state index in [1.165, 1.54) is 19.9 Å². The average Bonchev–Trinajstić information content (AvgIpc) is 2.62. The number of hydrogen-bond donors (Lipinski definition) is 1. The van der Waals surface area contributed by atoms with Gasteiger partial charge in [-0.1, -0.05) is 15.9 Å². The van der Waals surface area contributed by atoms with Crippen LogP contribution in [0.5, 0.6) is 0 Å². The minimum Gasteiger partial charge on any atom is -0.142 e. The first-order chi connectivity index (χ1) is 6.76. The summed E-state index contributed by atoms with van der Waals surface area (Å²) in [6.07, 6.45) is 2.08. The van der Waals surface area contributed by atoms with Crippen LogP contribution >= 0.6 is 51.7 Å². The summed E-state index contributed by atoms with van der Waals surface area (Å²) in [6.45, 7) is 0. The summed E-state index contributed by atoms with van der Waals surface area (Å²) in [5.41, 5.74) is 0. The number of thioether (sulfide) groups is 1. The van der Waals surface area contributed by atoms with Crippen molar-refractivity contribution in [2.45, 2.75) is 15.1 Å². The molecule has 14 heavy (non-hydrogen) atoms. The predicted octanol–water partition coefficient (Wildman–Crippen LogP) is 4.81. The highest BCUT2D eigenvalue weighted by Gasteiger charge is 2.07. The normalized spacial score (nSPS) is 11.1. The summed E-state index contributed by atoms with van der Waals surface area (Å²) in [7, 11) is 0. The van der Waals surface area contributed by atoms with Gasteiger partial charge in [0.1, 0.15) is 0 Å². The molecule has 0 aliphatic rings. The van der Waals surface area contributed by atoms with E-state index >= 15 is 0 Å². The zero-order valence-corrected chi connectivity index (χ0v) is 11.7. The van der Waals surface area contributed by atoms with E-state index in [9.17, 15) is 0 Å². The molecule has 0 bridgehead atoms. The van der Waals surface area contributed by atoms with E-state index in [4.69, 9.17) is 0 Å². The van der Waals surface area contributed by atoms with E-state index in [0.717, 1.165) is 10.2 Å². The number of thiophene rings is 1. The van der Waals surface area contributed by atoms with E-state index in [0.29, 0.717) is 0 Å². The lowest BCUT2D eigenvalue weighted by molar-refractivity contribution is 1.32. The molecule has 0 atom stereocenters. The first-order valence-corrected chi connectivity index (χ1v) is 7.71. The fraction of sp³-hybridized carbons (Fsp3) is 0.200. The lowest BCUT2D eigenvalue weighted by Gasteiger charge is -2.01. The van der Waals surface area contributed by atoms with E-state index in [-0.39, 0.29) is 0 Å². The lowest BCUT2D eigenvalue weighted by atomic mass is 10.2. The molecular weight excluding hydrogens is 296 g/mol. The van der Waals surface area contributed by atoms with Crippen LogP contribution in [0, 0.1) is 0 Å². The van der Waals surface area contributed by atoms with Crippen molar-refractivity contribution in [3.8, 4) is 0 Å². The van der Waals surface area contributed by atoms with Gasteiger partial charge in [0, 0.05) is 30.1 Å². The summed E-state index contributed by atoms with van der Waals surface area (Å²) in [5.74, 6) is 0. The molecular formula is C10H9BrS3. The standard InChI is InChI=1S/C10H9BrS3/c1-13-9-3-2-8-7(10(9)12)4-6(5-11)14-8/h2-4,12H,5H2,1H3. The molecule has 1 aromatic heterocycles. The Kier molecular flexibility index (Phi) is 3.47. The lowest BCUT2D eigenvalue weighted by Crippen LogP contribution is -1.74. The zero-order valence-electron chi connectivity index (χ0n) is 7.58. The van der Waals surface area contributed by atoms with Gasteiger partial charge in [-0.2, -0.15) is 0 Å². The highest BCUT2D eigenvalue weighted by molar-refractivity contribution is 9.08. The van der Waals surface area contributed by atoms with Crippen LogP contribution in [0.1, 0.15) is 4.88 Å². The summed E-state index contributed by atoms with van der Waals surface area (Å²) in [5, 5.41) is 2.20. The minimum atomic E-state index is 0.925. The molecule has 2 rings (SSSR count). The largest absolute Gasteiger partial charge is 0.142 e. The first kappa shape index (κ1) is 10.9. The summed E-state index contributed by atoms with van der Waals surface area (Å²) in [4.78, 5) is 3.71. The third kappa shape index (κ3) is 1.85. The molecule has 74 valence electrons. The van der Waals surface area contributed by atoms with Crippen molar-refractivity contribution in [3.05, 3.63) is 23.1 Å². The third-order valence-electron chi connectivity index (χ3n) is 2.04. The van der Waals surface area contributed by atoms with Gasteiger partial charge in [-0.05, 0) is 24.5 Å². The van der Waals surface area contributed by atoms with Crippen LogP contribution in [0.25, 0.3) is 10.1 Å². The fourth-order valence-corrected chi connectivity index (χ4v) is 3.90. The summed E-state index contributed by atoms with van der Waals surface area (Å²) in [6, 6.07) is 6.54. The van der Waals surface area contributed by atoms with Crippen LogP contribution in [0.2, 0.25) is 0 Å². The second-order valence-electron chi connectivity index (χ2n) is 2.87. The van der Waals surface area contributed by atoms with Crippen LogP contribution in [0.4, 0.5) is 0 Å². The highest BCUT2D eigenvalue weighted by Crippen LogP contribution is 2.36. The van der Waals surface area contributed by atoms with Gasteiger partial charge in [-0.3, -0.25) is 0 Å². The molecule has 0 fully saturated rings. The second kappa shape index (κ2) is 4.47. The van der Waals surface area contributed by atoms with Gasteiger partial charge in [-0.25, -0.2) is 0 Å². The smallest absolute Gasteiger partial charge is 0.0377 e. The van der Waals surface area contributed by atoms with E-state index in [2.05, 4.69) is 53.0 Å². The highest BCUT2D eigenvalue weighted by atomic mass is 79.9. The second-order valence-corrected chi connectivity index (χ2v) is 5.90. The molecule has 0 amide bonds. The molecule has 4 heteroatoms. The van der Waals surface area contributed by atoms with Crippen molar-refractivity contribution in [3.63, 3.8) is 0 Å². The van der Waals surface area contributed by atoms with Crippen molar-refractivity contribution in [2.75, 3.05) is 6.26 Å². The maximum Gasteiger partial charge on any atom is 0.0377 e. The molecule has 2 aromatic rings. The molecule has 0 N–H and O–H groups in total. The molecule has 0 radical (unpaired) electrons. The first-order valence-electron chi connectivity index (χ1n) is 4.10. The molecule has 0 spiro atoms. The van der Waals surface area contributed by atoms with Crippen molar-refractivity contribution >= 4 is 61.7 Å². The molecule has 0 aliphatic carbocycles. The molecule has 1 aromatic carbocycles. The van der Waals surface area contributed by atoms with E-state index in [1.807, 2.05) is 11.3 Å². The molecule has 0 aliphatic heterocycles. The zero-order chi connectivity index (χ0) is 10.1. The number of fused-ring (bicyclic) bond motifs is 1. The Morgan fingerprint density at radius 3 is 2.93 bits per heavy atom. The van der Waals surface area contributed by atoms with Crippen molar-refractivity contribution < 1.29 is 0 Å². The number of thiol groups is 1. The average molecular weight is 305 g/mol. The van der Waals surface area contributed by atoms with Gasteiger partial charge < -0.3 is 0 Å². The number of halogens is 1. The topological polar surface area (TPSA) is 0 Å². The van der Waals surface area contributed by atoms with Crippen molar-refractivity contribution in [1.29, 1.82) is 0 Å². The van der Waals surface area contributed by atoms with Crippen LogP contribution in [0.3, 0.4) is 0 Å². The van der Waals surface area contributed by atoms with Gasteiger partial charge in [0.25, 0.3) is 0 Å². The maximum absolute atomic E-state index is 4.57. The van der Waals surface area contributed by atoms with Crippen molar-refractivity contribution in [1.82, 2.24) is 0 Å². The molecule has 0 unspecified atom stereocenters. The van der Waals surface area contributed by atoms with Crippen molar-refractivity contribution in [2.24, 2.45) is 0 Å². The number of hydrogen-bond acceptors (Lipinski definition) is 3. The number of alkyl halides is 1. The SMILES string of the molecule is CSc1ccc2sc(CBr)cc2c1S.